The standard InChI is InChI=1S/C13H19N3O3S2/c1-20-12-7-5-6-11(10-12)14-13(17)15-21(18,19)16-8-3-2-4-9-16/h5-7,10H,2-4,8-9H2,1H3,(H2,14,15,17). The molecule has 1 fully saturated rings. The number of hydrogen-bond donors (Lipinski definition) is 2. The summed E-state index contributed by atoms with van der Waals surface area (Å²) in [4.78, 5) is 12.8. The molecular formula is C13H19N3O3S2. The van der Waals surface area contributed by atoms with Gasteiger partial charge in [-0.2, -0.15) is 12.7 Å². The van der Waals surface area contributed by atoms with Gasteiger partial charge in [0, 0.05) is 23.7 Å². The molecule has 0 spiro atoms. The lowest BCUT2D eigenvalue weighted by atomic mass is 10.2. The lowest BCUT2D eigenvalue weighted by molar-refractivity contribution is 0.255. The minimum absolute atomic E-state index is 0.463. The van der Waals surface area contributed by atoms with E-state index < -0.39 is 16.2 Å². The Labute approximate surface area is 129 Å². The molecule has 0 atom stereocenters. The Morgan fingerprint density at radius 3 is 2.62 bits per heavy atom. The van der Waals surface area contributed by atoms with Gasteiger partial charge in [0.2, 0.25) is 0 Å². The van der Waals surface area contributed by atoms with Crippen molar-refractivity contribution in [3.05, 3.63) is 24.3 Å². The molecule has 0 saturated carbocycles. The van der Waals surface area contributed by atoms with E-state index in [1.807, 2.05) is 12.3 Å². The molecule has 116 valence electrons. The van der Waals surface area contributed by atoms with E-state index in [0.717, 1.165) is 24.2 Å². The average molecular weight is 329 g/mol. The fourth-order valence-corrected chi connectivity index (χ4v) is 3.76. The van der Waals surface area contributed by atoms with Crippen molar-refractivity contribution in [1.29, 1.82) is 0 Å². The SMILES string of the molecule is CSc1cccc(NC(=O)NS(=O)(=O)N2CCCCC2)c1. The summed E-state index contributed by atoms with van der Waals surface area (Å²) in [6.07, 6.45) is 4.62. The molecular weight excluding hydrogens is 310 g/mol. The van der Waals surface area contributed by atoms with Crippen LogP contribution in [0.25, 0.3) is 0 Å². The summed E-state index contributed by atoms with van der Waals surface area (Å²) in [5, 5.41) is 2.54. The predicted octanol–water partition coefficient (Wildman–Crippen LogP) is 2.26. The Morgan fingerprint density at radius 2 is 1.95 bits per heavy atom. The number of benzene rings is 1. The number of anilines is 1. The zero-order chi connectivity index (χ0) is 15.3. The van der Waals surface area contributed by atoms with Gasteiger partial charge in [-0.1, -0.05) is 12.5 Å². The van der Waals surface area contributed by atoms with Crippen molar-refractivity contribution in [3.8, 4) is 0 Å². The van der Waals surface area contributed by atoms with Crippen LogP contribution in [0.15, 0.2) is 29.2 Å². The number of carbonyl (C=O) groups excluding carboxylic acids is 1. The fraction of sp³-hybridized carbons (Fsp3) is 0.462. The van der Waals surface area contributed by atoms with E-state index in [0.29, 0.717) is 18.8 Å². The first-order chi connectivity index (χ1) is 10.0. The third-order valence-electron chi connectivity index (χ3n) is 3.20. The number of hydrogen-bond acceptors (Lipinski definition) is 4. The van der Waals surface area contributed by atoms with Crippen LogP contribution in [0.4, 0.5) is 10.5 Å². The van der Waals surface area contributed by atoms with Crippen LogP contribution in [0.2, 0.25) is 0 Å². The molecule has 2 amide bonds. The molecule has 0 unspecified atom stereocenters. The van der Waals surface area contributed by atoms with E-state index in [4.69, 9.17) is 0 Å². The second-order valence-corrected chi connectivity index (χ2v) is 7.30. The smallest absolute Gasteiger partial charge is 0.307 e. The molecule has 2 N–H and O–H groups in total. The van der Waals surface area contributed by atoms with Gasteiger partial charge in [0.1, 0.15) is 0 Å². The number of nitrogens with one attached hydrogen (secondary N) is 2. The number of amides is 2. The van der Waals surface area contributed by atoms with Crippen molar-refractivity contribution in [1.82, 2.24) is 9.03 Å². The van der Waals surface area contributed by atoms with Gasteiger partial charge in [-0.3, -0.25) is 0 Å². The van der Waals surface area contributed by atoms with Crippen LogP contribution >= 0.6 is 11.8 Å². The van der Waals surface area contributed by atoms with Gasteiger partial charge in [-0.15, -0.1) is 11.8 Å². The fourth-order valence-electron chi connectivity index (χ4n) is 2.14. The van der Waals surface area contributed by atoms with Crippen LogP contribution in [0.5, 0.6) is 0 Å². The summed E-state index contributed by atoms with van der Waals surface area (Å²) in [6, 6.07) is 6.49. The summed E-state index contributed by atoms with van der Waals surface area (Å²) in [6.45, 7) is 0.926. The molecule has 0 radical (unpaired) electrons. The van der Waals surface area contributed by atoms with E-state index in [-0.39, 0.29) is 0 Å². The molecule has 6 nitrogen and oxygen atoms in total. The van der Waals surface area contributed by atoms with E-state index in [1.54, 1.807) is 30.0 Å². The minimum atomic E-state index is -3.75. The molecule has 0 aromatic heterocycles. The van der Waals surface area contributed by atoms with Gasteiger partial charge >= 0.3 is 16.2 Å². The zero-order valence-corrected chi connectivity index (χ0v) is 13.5. The van der Waals surface area contributed by atoms with Crippen LogP contribution in [0, 0.1) is 0 Å². The Morgan fingerprint density at radius 1 is 1.24 bits per heavy atom. The maximum absolute atomic E-state index is 12.1. The molecule has 0 bridgehead atoms. The van der Waals surface area contributed by atoms with E-state index in [9.17, 15) is 13.2 Å². The van der Waals surface area contributed by atoms with Gasteiger partial charge in [0.15, 0.2) is 0 Å². The van der Waals surface area contributed by atoms with Crippen LogP contribution in [-0.2, 0) is 10.2 Å². The van der Waals surface area contributed by atoms with Crippen molar-refractivity contribution in [2.24, 2.45) is 0 Å². The Hall–Kier alpha value is -1.25. The van der Waals surface area contributed by atoms with Crippen molar-refractivity contribution in [2.45, 2.75) is 24.2 Å². The minimum Gasteiger partial charge on any atom is -0.307 e. The maximum Gasteiger partial charge on any atom is 0.333 e. The van der Waals surface area contributed by atoms with Gasteiger partial charge < -0.3 is 5.32 Å². The van der Waals surface area contributed by atoms with Crippen molar-refractivity contribution in [3.63, 3.8) is 0 Å². The monoisotopic (exact) mass is 329 g/mol. The van der Waals surface area contributed by atoms with E-state index in [2.05, 4.69) is 10.0 Å². The van der Waals surface area contributed by atoms with Gasteiger partial charge in [-0.05, 0) is 37.3 Å². The van der Waals surface area contributed by atoms with Gasteiger partial charge in [0.05, 0.1) is 0 Å². The first-order valence-corrected chi connectivity index (χ1v) is 9.41. The molecule has 1 aliphatic rings. The van der Waals surface area contributed by atoms with Crippen LogP contribution in [0.3, 0.4) is 0 Å². The molecule has 1 saturated heterocycles. The summed E-state index contributed by atoms with van der Waals surface area (Å²) >= 11 is 1.55. The summed E-state index contributed by atoms with van der Waals surface area (Å²) < 4.78 is 27.5. The largest absolute Gasteiger partial charge is 0.333 e. The molecule has 2 rings (SSSR count). The van der Waals surface area contributed by atoms with Gasteiger partial charge in [0.25, 0.3) is 0 Å². The lowest BCUT2D eigenvalue weighted by Gasteiger charge is -2.25. The Bertz CT molecular complexity index is 598. The number of rotatable bonds is 4. The highest BCUT2D eigenvalue weighted by Gasteiger charge is 2.25. The second kappa shape index (κ2) is 7.15. The molecule has 8 heteroatoms. The highest BCUT2D eigenvalue weighted by atomic mass is 32.2. The maximum atomic E-state index is 12.1. The summed E-state index contributed by atoms with van der Waals surface area (Å²) in [5.74, 6) is 0. The third-order valence-corrected chi connectivity index (χ3v) is 5.42. The molecule has 21 heavy (non-hydrogen) atoms. The number of carbonyl (C=O) groups is 1. The van der Waals surface area contributed by atoms with Gasteiger partial charge in [-0.25, -0.2) is 9.52 Å². The van der Waals surface area contributed by atoms with E-state index in [1.165, 1.54) is 4.31 Å². The first kappa shape index (κ1) is 16.1. The molecule has 1 heterocycles. The quantitative estimate of drug-likeness (QED) is 0.831. The number of nitrogens with zero attached hydrogens (tertiary/aromatic N) is 1. The average Bonchev–Trinajstić information content (AvgIpc) is 2.47. The Kier molecular flexibility index (Phi) is 5.49. The summed E-state index contributed by atoms with van der Waals surface area (Å²) in [5.41, 5.74) is 0.563. The molecule has 1 aliphatic heterocycles. The van der Waals surface area contributed by atoms with Crippen LogP contribution < -0.4 is 10.0 Å². The van der Waals surface area contributed by atoms with Crippen molar-refractivity contribution >= 4 is 33.7 Å². The van der Waals surface area contributed by atoms with Crippen molar-refractivity contribution in [2.75, 3.05) is 24.7 Å². The molecule has 0 aliphatic carbocycles. The normalized spacial score (nSPS) is 16.4. The molecule has 1 aromatic rings. The Balaban J connectivity index is 1.97. The predicted molar refractivity (Wildman–Crippen MR) is 84.7 cm³/mol. The highest BCUT2D eigenvalue weighted by molar-refractivity contribution is 7.98. The zero-order valence-electron chi connectivity index (χ0n) is 11.8. The molecule has 1 aromatic carbocycles. The van der Waals surface area contributed by atoms with Crippen LogP contribution in [0.1, 0.15) is 19.3 Å². The first-order valence-electron chi connectivity index (χ1n) is 6.74. The van der Waals surface area contributed by atoms with Crippen molar-refractivity contribution < 1.29 is 13.2 Å². The second-order valence-electron chi connectivity index (χ2n) is 4.75. The summed E-state index contributed by atoms with van der Waals surface area (Å²) in [7, 11) is -3.75. The highest BCUT2D eigenvalue weighted by Crippen LogP contribution is 2.19. The van der Waals surface area contributed by atoms with E-state index >= 15 is 0 Å². The number of piperidine rings is 1. The number of urea groups is 1. The topological polar surface area (TPSA) is 78.5 Å². The number of thioether (sulfide) groups is 1. The van der Waals surface area contributed by atoms with Crippen LogP contribution in [-0.4, -0.2) is 38.1 Å². The lowest BCUT2D eigenvalue weighted by Crippen LogP contribution is -2.46. The third kappa shape index (κ3) is 4.62.